The molecule has 0 aromatic carbocycles. The van der Waals surface area contributed by atoms with Crippen LogP contribution in [0.3, 0.4) is 0 Å². The summed E-state index contributed by atoms with van der Waals surface area (Å²) in [5, 5.41) is 8.90. The van der Waals surface area contributed by atoms with E-state index in [0.29, 0.717) is 12.8 Å². The SMILES string of the molecule is N[C@]1(C(=O)O)CCC[C@@H](C(=O)OP(=O)(O)O)C1. The molecule has 0 radical (unpaired) electrons. The van der Waals surface area contributed by atoms with Crippen molar-refractivity contribution in [2.24, 2.45) is 11.7 Å². The molecule has 2 atom stereocenters. The smallest absolute Gasteiger partial charge is 0.480 e. The lowest BCUT2D eigenvalue weighted by Crippen LogP contribution is -2.52. The van der Waals surface area contributed by atoms with Crippen molar-refractivity contribution in [3.63, 3.8) is 0 Å². The Bertz CT molecular complexity index is 378. The Morgan fingerprint density at radius 3 is 2.47 bits per heavy atom. The summed E-state index contributed by atoms with van der Waals surface area (Å²) in [7, 11) is -4.89. The first-order chi connectivity index (χ1) is 7.64. The summed E-state index contributed by atoms with van der Waals surface area (Å²) in [4.78, 5) is 39.2. The topological polar surface area (TPSA) is 147 Å². The molecule has 9 heteroatoms. The lowest BCUT2D eigenvalue weighted by atomic mass is 9.76. The first kappa shape index (κ1) is 14.1. The van der Waals surface area contributed by atoms with Gasteiger partial charge in [0.05, 0.1) is 5.92 Å². The summed E-state index contributed by atoms with van der Waals surface area (Å²) in [5.74, 6) is -3.22. The molecule has 1 rings (SSSR count). The Morgan fingerprint density at radius 2 is 2.00 bits per heavy atom. The van der Waals surface area contributed by atoms with Gasteiger partial charge in [-0.3, -0.25) is 19.4 Å². The molecule has 5 N–H and O–H groups in total. The Labute approximate surface area is 97.0 Å². The first-order valence-corrected chi connectivity index (χ1v) is 6.48. The van der Waals surface area contributed by atoms with Crippen LogP contribution in [0.15, 0.2) is 0 Å². The van der Waals surface area contributed by atoms with Gasteiger partial charge in [-0.15, -0.1) is 0 Å². The fourth-order valence-corrected chi connectivity index (χ4v) is 2.28. The zero-order valence-corrected chi connectivity index (χ0v) is 9.80. The lowest BCUT2D eigenvalue weighted by molar-refractivity contribution is -0.148. The van der Waals surface area contributed by atoms with Crippen molar-refractivity contribution in [2.45, 2.75) is 31.2 Å². The second-order valence-electron chi connectivity index (χ2n) is 4.16. The van der Waals surface area contributed by atoms with Gasteiger partial charge >= 0.3 is 19.8 Å². The first-order valence-electron chi connectivity index (χ1n) is 4.95. The molecular formula is C8H14NO7P. The van der Waals surface area contributed by atoms with Gasteiger partial charge in [-0.1, -0.05) is 6.42 Å². The van der Waals surface area contributed by atoms with E-state index < -0.39 is 31.2 Å². The summed E-state index contributed by atoms with van der Waals surface area (Å²) >= 11 is 0. The Kier molecular flexibility index (Phi) is 3.93. The molecule has 98 valence electrons. The molecule has 8 nitrogen and oxygen atoms in total. The number of carboxylic acids is 1. The van der Waals surface area contributed by atoms with Crippen LogP contribution in [-0.4, -0.2) is 32.4 Å². The van der Waals surface area contributed by atoms with E-state index in [9.17, 15) is 14.2 Å². The van der Waals surface area contributed by atoms with Gasteiger partial charge in [-0.05, 0) is 19.3 Å². The zero-order chi connectivity index (χ0) is 13.3. The molecule has 0 unspecified atom stereocenters. The van der Waals surface area contributed by atoms with E-state index in [0.717, 1.165) is 0 Å². The molecule has 17 heavy (non-hydrogen) atoms. The number of hydrogen-bond donors (Lipinski definition) is 4. The lowest BCUT2D eigenvalue weighted by Gasteiger charge is -2.33. The number of hydrogen-bond acceptors (Lipinski definition) is 5. The predicted octanol–water partition coefficient (Wildman–Crippen LogP) is -0.405. The average Bonchev–Trinajstić information content (AvgIpc) is 2.15. The van der Waals surface area contributed by atoms with Crippen molar-refractivity contribution in [1.82, 2.24) is 0 Å². The molecule has 0 spiro atoms. The molecular weight excluding hydrogens is 253 g/mol. The maximum Gasteiger partial charge on any atom is 0.526 e. The average molecular weight is 267 g/mol. The normalized spacial score (nSPS) is 29.7. The highest BCUT2D eigenvalue weighted by molar-refractivity contribution is 7.46. The van der Waals surface area contributed by atoms with Crippen molar-refractivity contribution in [1.29, 1.82) is 0 Å². The quantitative estimate of drug-likeness (QED) is 0.504. The molecule has 0 heterocycles. The minimum atomic E-state index is -4.89. The second-order valence-corrected chi connectivity index (χ2v) is 5.32. The molecule has 0 amide bonds. The van der Waals surface area contributed by atoms with Crippen molar-refractivity contribution >= 4 is 19.8 Å². The van der Waals surface area contributed by atoms with Crippen LogP contribution < -0.4 is 5.73 Å². The maximum atomic E-state index is 11.4. The third kappa shape index (κ3) is 3.78. The number of rotatable bonds is 3. The van der Waals surface area contributed by atoms with Gasteiger partial charge in [-0.25, -0.2) is 4.57 Å². The highest BCUT2D eigenvalue weighted by Gasteiger charge is 2.43. The summed E-state index contributed by atoms with van der Waals surface area (Å²) in [6.07, 6.45) is 0.748. The third-order valence-electron chi connectivity index (χ3n) is 2.75. The van der Waals surface area contributed by atoms with Crippen LogP contribution in [0.4, 0.5) is 0 Å². The van der Waals surface area contributed by atoms with Crippen LogP contribution in [0.5, 0.6) is 0 Å². The van der Waals surface area contributed by atoms with Crippen LogP contribution in [0.1, 0.15) is 25.7 Å². The zero-order valence-electron chi connectivity index (χ0n) is 8.90. The van der Waals surface area contributed by atoms with E-state index in [4.69, 9.17) is 20.6 Å². The van der Waals surface area contributed by atoms with Gasteiger partial charge in [0.15, 0.2) is 0 Å². The fourth-order valence-electron chi connectivity index (χ4n) is 1.89. The third-order valence-corrected chi connectivity index (χ3v) is 3.17. The molecule has 0 bridgehead atoms. The van der Waals surface area contributed by atoms with E-state index in [1.165, 1.54) is 0 Å². The molecule has 0 aromatic heterocycles. The summed E-state index contributed by atoms with van der Waals surface area (Å²) in [6.45, 7) is 0. The van der Waals surface area contributed by atoms with Crippen LogP contribution >= 0.6 is 7.82 Å². The van der Waals surface area contributed by atoms with E-state index in [1.807, 2.05) is 0 Å². The molecule has 1 fully saturated rings. The van der Waals surface area contributed by atoms with Gasteiger partial charge in [0, 0.05) is 0 Å². The Morgan fingerprint density at radius 1 is 1.41 bits per heavy atom. The van der Waals surface area contributed by atoms with Crippen LogP contribution in [0.2, 0.25) is 0 Å². The molecule has 0 aromatic rings. The molecule has 1 saturated carbocycles. The highest BCUT2D eigenvalue weighted by atomic mass is 31.2. The van der Waals surface area contributed by atoms with Crippen molar-refractivity contribution in [2.75, 3.05) is 0 Å². The monoisotopic (exact) mass is 267 g/mol. The van der Waals surface area contributed by atoms with E-state index in [2.05, 4.69) is 4.52 Å². The van der Waals surface area contributed by atoms with Gasteiger partial charge < -0.3 is 15.4 Å². The Balaban J connectivity index is 2.70. The van der Waals surface area contributed by atoms with Crippen molar-refractivity contribution in [3.05, 3.63) is 0 Å². The van der Waals surface area contributed by atoms with Gasteiger partial charge in [-0.2, -0.15) is 0 Å². The Hall–Kier alpha value is -0.950. The number of phosphoric acid groups is 1. The van der Waals surface area contributed by atoms with Gasteiger partial charge in [0.25, 0.3) is 0 Å². The molecule has 0 saturated heterocycles. The molecule has 1 aliphatic rings. The predicted molar refractivity (Wildman–Crippen MR) is 54.6 cm³/mol. The molecule has 0 aliphatic heterocycles. The standard InChI is InChI=1S/C8H14NO7P/c9-8(7(11)12)3-1-2-5(4-8)6(10)16-17(13,14)15/h5H,1-4,9H2,(H,11,12)(H2,13,14,15)/t5-,8-/m1/s1. The van der Waals surface area contributed by atoms with E-state index >= 15 is 0 Å². The number of nitrogens with two attached hydrogens (primary N) is 1. The summed E-state index contributed by atoms with van der Waals surface area (Å²) < 4.78 is 14.4. The fraction of sp³-hybridized carbons (Fsp3) is 0.750. The van der Waals surface area contributed by atoms with E-state index in [-0.39, 0.29) is 12.8 Å². The van der Waals surface area contributed by atoms with Crippen LogP contribution in [0, 0.1) is 5.92 Å². The highest BCUT2D eigenvalue weighted by Crippen LogP contribution is 2.40. The van der Waals surface area contributed by atoms with Gasteiger partial charge in [0.2, 0.25) is 0 Å². The maximum absolute atomic E-state index is 11.4. The van der Waals surface area contributed by atoms with Crippen LogP contribution in [-0.2, 0) is 18.7 Å². The minimum absolute atomic E-state index is 0.179. The van der Waals surface area contributed by atoms with Crippen molar-refractivity contribution in [3.8, 4) is 0 Å². The number of phosphoric ester groups is 1. The minimum Gasteiger partial charge on any atom is -0.480 e. The molecule has 1 aliphatic carbocycles. The summed E-state index contributed by atoms with van der Waals surface area (Å²) in [6, 6.07) is 0. The largest absolute Gasteiger partial charge is 0.526 e. The van der Waals surface area contributed by atoms with Gasteiger partial charge in [0.1, 0.15) is 5.54 Å². The van der Waals surface area contributed by atoms with Crippen molar-refractivity contribution < 1.29 is 33.6 Å². The summed E-state index contributed by atoms with van der Waals surface area (Å²) in [5.41, 5.74) is 4.06. The number of aliphatic carboxylic acids is 1. The van der Waals surface area contributed by atoms with E-state index in [1.54, 1.807) is 0 Å². The number of carbonyl (C=O) groups excluding carboxylic acids is 1. The van der Waals surface area contributed by atoms with Crippen LogP contribution in [0.25, 0.3) is 0 Å². The number of carbonyl (C=O) groups is 2. The number of carboxylic acid groups (broad SMARTS) is 1. The second kappa shape index (κ2) is 4.73.